The van der Waals surface area contributed by atoms with E-state index in [1.165, 1.54) is 11.3 Å². The molecule has 2 N–H and O–H groups in total. The molecule has 92 valence electrons. The van der Waals surface area contributed by atoms with Crippen molar-refractivity contribution in [1.82, 2.24) is 10.0 Å². The maximum absolute atomic E-state index is 11.8. The molecule has 0 aliphatic heterocycles. The highest BCUT2D eigenvalue weighted by molar-refractivity contribution is 7.89. The van der Waals surface area contributed by atoms with Gasteiger partial charge in [-0.1, -0.05) is 6.92 Å². The van der Waals surface area contributed by atoms with Gasteiger partial charge in [0.15, 0.2) is 0 Å². The van der Waals surface area contributed by atoms with Crippen LogP contribution in [-0.4, -0.2) is 21.0 Å². The molecule has 1 rings (SSSR count). The SMILES string of the molecule is CCNCc1cc(S(=O)(=O)NC(C)C)cs1. The van der Waals surface area contributed by atoms with Crippen LogP contribution in [-0.2, 0) is 16.6 Å². The monoisotopic (exact) mass is 262 g/mol. The summed E-state index contributed by atoms with van der Waals surface area (Å²) in [5, 5.41) is 4.84. The van der Waals surface area contributed by atoms with Crippen LogP contribution in [0.1, 0.15) is 25.6 Å². The van der Waals surface area contributed by atoms with Gasteiger partial charge >= 0.3 is 0 Å². The maximum Gasteiger partial charge on any atom is 0.241 e. The van der Waals surface area contributed by atoms with Crippen LogP contribution >= 0.6 is 11.3 Å². The molecule has 0 radical (unpaired) electrons. The Morgan fingerprint density at radius 3 is 2.69 bits per heavy atom. The zero-order valence-electron chi connectivity index (χ0n) is 9.78. The lowest BCUT2D eigenvalue weighted by molar-refractivity contribution is 0.570. The van der Waals surface area contributed by atoms with E-state index >= 15 is 0 Å². The molecule has 16 heavy (non-hydrogen) atoms. The second kappa shape index (κ2) is 5.77. The molecular formula is C10H18N2O2S2. The zero-order chi connectivity index (χ0) is 12.2. The van der Waals surface area contributed by atoms with Crippen molar-refractivity contribution in [2.45, 2.75) is 38.3 Å². The van der Waals surface area contributed by atoms with Crippen molar-refractivity contribution < 1.29 is 8.42 Å². The van der Waals surface area contributed by atoms with E-state index in [9.17, 15) is 8.42 Å². The van der Waals surface area contributed by atoms with E-state index in [-0.39, 0.29) is 6.04 Å². The van der Waals surface area contributed by atoms with Gasteiger partial charge in [-0.05, 0) is 26.5 Å². The molecular weight excluding hydrogens is 244 g/mol. The maximum atomic E-state index is 11.8. The van der Waals surface area contributed by atoms with Crippen LogP contribution in [0.2, 0.25) is 0 Å². The van der Waals surface area contributed by atoms with E-state index < -0.39 is 10.0 Å². The Labute approximate surface area is 101 Å². The van der Waals surface area contributed by atoms with E-state index in [1.54, 1.807) is 11.4 Å². The van der Waals surface area contributed by atoms with Gasteiger partial charge in [0.1, 0.15) is 0 Å². The van der Waals surface area contributed by atoms with Crippen LogP contribution < -0.4 is 10.0 Å². The fourth-order valence-electron chi connectivity index (χ4n) is 1.22. The van der Waals surface area contributed by atoms with Crippen LogP contribution in [0.4, 0.5) is 0 Å². The first-order chi connectivity index (χ1) is 7.45. The third kappa shape index (κ3) is 3.86. The molecule has 0 aromatic carbocycles. The molecule has 4 nitrogen and oxygen atoms in total. The first kappa shape index (κ1) is 13.6. The van der Waals surface area contributed by atoms with Crippen molar-refractivity contribution in [3.63, 3.8) is 0 Å². The summed E-state index contributed by atoms with van der Waals surface area (Å²) in [6.45, 7) is 7.24. The van der Waals surface area contributed by atoms with E-state index in [2.05, 4.69) is 10.0 Å². The van der Waals surface area contributed by atoms with Crippen LogP contribution in [0.25, 0.3) is 0 Å². The van der Waals surface area contributed by atoms with Crippen LogP contribution in [0, 0.1) is 0 Å². The van der Waals surface area contributed by atoms with Gasteiger partial charge < -0.3 is 5.32 Å². The lowest BCUT2D eigenvalue weighted by atomic mass is 10.4. The smallest absolute Gasteiger partial charge is 0.241 e. The standard InChI is InChI=1S/C10H18N2O2S2/c1-4-11-6-9-5-10(7-15-9)16(13,14)12-8(2)3/h5,7-8,11-12H,4,6H2,1-3H3. The predicted molar refractivity (Wildman–Crippen MR) is 67.2 cm³/mol. The number of hydrogen-bond acceptors (Lipinski definition) is 4. The van der Waals surface area contributed by atoms with Crippen molar-refractivity contribution in [3.8, 4) is 0 Å². The lowest BCUT2D eigenvalue weighted by Gasteiger charge is -2.07. The van der Waals surface area contributed by atoms with Gasteiger partial charge in [-0.25, -0.2) is 13.1 Å². The van der Waals surface area contributed by atoms with Crippen LogP contribution in [0.5, 0.6) is 0 Å². The summed E-state index contributed by atoms with van der Waals surface area (Å²) in [7, 11) is -3.33. The van der Waals surface area contributed by atoms with Crippen molar-refractivity contribution in [2.75, 3.05) is 6.54 Å². The second-order valence-electron chi connectivity index (χ2n) is 3.81. The van der Waals surface area contributed by atoms with E-state index in [4.69, 9.17) is 0 Å². The molecule has 0 amide bonds. The molecule has 1 aromatic heterocycles. The third-order valence-corrected chi connectivity index (χ3v) is 4.60. The van der Waals surface area contributed by atoms with E-state index in [0.717, 1.165) is 18.0 Å². The molecule has 0 aliphatic rings. The highest BCUT2D eigenvalue weighted by Crippen LogP contribution is 2.19. The van der Waals surface area contributed by atoms with Gasteiger partial charge in [0.05, 0.1) is 4.90 Å². The fraction of sp³-hybridized carbons (Fsp3) is 0.600. The molecule has 0 atom stereocenters. The minimum Gasteiger partial charge on any atom is -0.312 e. The highest BCUT2D eigenvalue weighted by Gasteiger charge is 2.16. The van der Waals surface area contributed by atoms with Crippen molar-refractivity contribution in [2.24, 2.45) is 0 Å². The number of rotatable bonds is 6. The van der Waals surface area contributed by atoms with Crippen molar-refractivity contribution in [1.29, 1.82) is 0 Å². The Hall–Kier alpha value is -0.430. The summed E-state index contributed by atoms with van der Waals surface area (Å²) >= 11 is 1.46. The molecule has 0 fully saturated rings. The van der Waals surface area contributed by atoms with Crippen LogP contribution in [0.15, 0.2) is 16.3 Å². The van der Waals surface area contributed by atoms with Gasteiger partial charge in [-0.2, -0.15) is 0 Å². The number of hydrogen-bond donors (Lipinski definition) is 2. The van der Waals surface area contributed by atoms with E-state index in [0.29, 0.717) is 4.90 Å². The first-order valence-corrected chi connectivity index (χ1v) is 7.62. The first-order valence-electron chi connectivity index (χ1n) is 5.26. The summed E-state index contributed by atoms with van der Waals surface area (Å²) < 4.78 is 26.2. The van der Waals surface area contributed by atoms with Gasteiger partial charge in [0, 0.05) is 22.8 Å². The molecule has 1 aromatic rings. The van der Waals surface area contributed by atoms with Gasteiger partial charge in [0.25, 0.3) is 0 Å². The van der Waals surface area contributed by atoms with Crippen molar-refractivity contribution >= 4 is 21.4 Å². The Bertz CT molecular complexity index is 424. The fourth-order valence-corrected chi connectivity index (χ4v) is 3.72. The number of nitrogens with one attached hydrogen (secondary N) is 2. The molecule has 0 aliphatic carbocycles. The Balaban J connectivity index is 2.77. The Morgan fingerprint density at radius 2 is 2.12 bits per heavy atom. The second-order valence-corrected chi connectivity index (χ2v) is 6.51. The van der Waals surface area contributed by atoms with Gasteiger partial charge in [-0.15, -0.1) is 11.3 Å². The predicted octanol–water partition coefficient (Wildman–Crippen LogP) is 1.54. The lowest BCUT2D eigenvalue weighted by Crippen LogP contribution is -2.29. The third-order valence-electron chi connectivity index (χ3n) is 1.88. The summed E-state index contributed by atoms with van der Waals surface area (Å²) in [5.41, 5.74) is 0. The highest BCUT2D eigenvalue weighted by atomic mass is 32.2. The quantitative estimate of drug-likeness (QED) is 0.817. The van der Waals surface area contributed by atoms with Crippen molar-refractivity contribution in [3.05, 3.63) is 16.3 Å². The molecule has 0 unspecified atom stereocenters. The molecule has 6 heteroatoms. The number of sulfonamides is 1. The molecule has 0 spiro atoms. The summed E-state index contributed by atoms with van der Waals surface area (Å²) in [6.07, 6.45) is 0. The van der Waals surface area contributed by atoms with Gasteiger partial charge in [0.2, 0.25) is 10.0 Å². The minimum absolute atomic E-state index is 0.0814. The summed E-state index contributed by atoms with van der Waals surface area (Å²) in [5.74, 6) is 0. The average Bonchev–Trinajstić information content (AvgIpc) is 2.61. The zero-order valence-corrected chi connectivity index (χ0v) is 11.4. The largest absolute Gasteiger partial charge is 0.312 e. The molecule has 0 saturated carbocycles. The summed E-state index contributed by atoms with van der Waals surface area (Å²) in [4.78, 5) is 1.39. The topological polar surface area (TPSA) is 58.2 Å². The molecule has 0 bridgehead atoms. The summed E-state index contributed by atoms with van der Waals surface area (Å²) in [6, 6.07) is 1.64. The van der Waals surface area contributed by atoms with E-state index in [1.807, 2.05) is 20.8 Å². The Morgan fingerprint density at radius 1 is 1.44 bits per heavy atom. The minimum atomic E-state index is -3.33. The normalized spacial score (nSPS) is 12.2. The van der Waals surface area contributed by atoms with Crippen LogP contribution in [0.3, 0.4) is 0 Å². The Kier molecular flexibility index (Phi) is 4.91. The molecule has 1 heterocycles. The molecule has 0 saturated heterocycles. The average molecular weight is 262 g/mol. The van der Waals surface area contributed by atoms with Gasteiger partial charge in [-0.3, -0.25) is 0 Å². The number of thiophene rings is 1.